The van der Waals surface area contributed by atoms with Gasteiger partial charge in [-0.25, -0.2) is 9.34 Å². The summed E-state index contributed by atoms with van der Waals surface area (Å²) in [4.78, 5) is 1.77. The number of hydrogen-bond acceptors (Lipinski definition) is 8. The Bertz CT molecular complexity index is 395. The van der Waals surface area contributed by atoms with E-state index in [4.69, 9.17) is 23.8 Å². The second kappa shape index (κ2) is 12.3. The summed E-state index contributed by atoms with van der Waals surface area (Å²) in [5, 5.41) is 18.6. The first-order valence-corrected chi connectivity index (χ1v) is 9.87. The Morgan fingerprint density at radius 1 is 1.04 bits per heavy atom. The molecule has 11 heteroatoms. The van der Waals surface area contributed by atoms with Crippen LogP contribution in [-0.2, 0) is 23.3 Å². The van der Waals surface area contributed by atoms with Gasteiger partial charge in [0.2, 0.25) is 6.41 Å². The fourth-order valence-electron chi connectivity index (χ4n) is 2.42. The molecule has 1 aliphatic rings. The normalized spacial score (nSPS) is 20.7. The first kappa shape index (κ1) is 22.9. The lowest BCUT2D eigenvalue weighted by atomic mass is 10.4. The Balaban J connectivity index is 2.19. The molecular weight excluding hydrogens is 353 g/mol. The number of rotatable bonds is 13. The Kier molecular flexibility index (Phi) is 11.3. The van der Waals surface area contributed by atoms with Crippen molar-refractivity contribution in [1.82, 2.24) is 14.2 Å². The predicted octanol–water partition coefficient (Wildman–Crippen LogP) is -0.762. The summed E-state index contributed by atoms with van der Waals surface area (Å²) >= 11 is 0. The molecule has 2 N–H and O–H groups in total. The van der Waals surface area contributed by atoms with Crippen molar-refractivity contribution in [2.75, 3.05) is 87.0 Å². The molecule has 150 valence electrons. The molecule has 0 aromatic heterocycles. The second-order valence-electron chi connectivity index (χ2n) is 5.66. The monoisotopic (exact) mass is 385 g/mol. The summed E-state index contributed by atoms with van der Waals surface area (Å²) in [5.74, 6) is 0. The molecule has 1 heterocycles. The van der Waals surface area contributed by atoms with E-state index in [0.29, 0.717) is 52.6 Å². The van der Waals surface area contributed by atoms with Crippen molar-refractivity contribution in [1.29, 1.82) is 0 Å². The Hall–Kier alpha value is -0.130. The van der Waals surface area contributed by atoms with Crippen molar-refractivity contribution in [3.63, 3.8) is 0 Å². The average molecular weight is 385 g/mol. The van der Waals surface area contributed by atoms with E-state index in [-0.39, 0.29) is 13.2 Å². The van der Waals surface area contributed by atoms with Gasteiger partial charge in [-0.1, -0.05) is 0 Å². The van der Waals surface area contributed by atoms with Gasteiger partial charge in [-0.05, 0) is 14.1 Å². The van der Waals surface area contributed by atoms with Gasteiger partial charge < -0.3 is 28.9 Å². The van der Waals surface area contributed by atoms with Gasteiger partial charge in [0.1, 0.15) is 0 Å². The van der Waals surface area contributed by atoms with Crippen molar-refractivity contribution in [2.24, 2.45) is 0 Å². The van der Waals surface area contributed by atoms with E-state index in [0.717, 1.165) is 0 Å². The van der Waals surface area contributed by atoms with Crippen LogP contribution in [-0.4, -0.2) is 118 Å². The van der Waals surface area contributed by atoms with Crippen molar-refractivity contribution in [3.05, 3.63) is 0 Å². The maximum absolute atomic E-state index is 12.7. The van der Waals surface area contributed by atoms with Crippen LogP contribution in [0.5, 0.6) is 0 Å². The summed E-state index contributed by atoms with van der Waals surface area (Å²) in [7, 11) is 1.92. The first-order valence-electron chi connectivity index (χ1n) is 8.34. The van der Waals surface area contributed by atoms with Gasteiger partial charge in [-0.2, -0.15) is 0 Å². The molecule has 0 aromatic rings. The molecule has 0 amide bonds. The number of piperazine rings is 1. The van der Waals surface area contributed by atoms with Gasteiger partial charge in [0.15, 0.2) is 0 Å². The van der Waals surface area contributed by atoms with E-state index < -0.39 is 14.1 Å². The van der Waals surface area contributed by atoms with Gasteiger partial charge in [0, 0.05) is 33.3 Å². The quantitative estimate of drug-likeness (QED) is 0.239. The number of ether oxygens (including phenoxy) is 3. The summed E-state index contributed by atoms with van der Waals surface area (Å²) in [6.07, 6.45) is -1.02. The van der Waals surface area contributed by atoms with Crippen LogP contribution in [0, 0.1) is 0 Å². The second-order valence-corrected chi connectivity index (χ2v) is 8.37. The summed E-state index contributed by atoms with van der Waals surface area (Å²) in [6, 6.07) is 0. The van der Waals surface area contributed by atoms with Crippen LogP contribution in [0.1, 0.15) is 0 Å². The molecule has 0 aliphatic carbocycles. The van der Waals surface area contributed by atoms with Crippen LogP contribution in [0.3, 0.4) is 0 Å². The summed E-state index contributed by atoms with van der Waals surface area (Å²) in [6.45, 7) is 3.81. The zero-order chi connectivity index (χ0) is 18.7. The third kappa shape index (κ3) is 7.56. The van der Waals surface area contributed by atoms with E-state index in [9.17, 15) is 9.67 Å². The van der Waals surface area contributed by atoms with Gasteiger partial charge >= 0.3 is 7.67 Å². The Morgan fingerprint density at radius 3 is 2.12 bits per heavy atom. The minimum atomic E-state index is -2.98. The third-order valence-electron chi connectivity index (χ3n) is 3.81. The summed E-state index contributed by atoms with van der Waals surface area (Å²) in [5.41, 5.74) is 0. The number of nitrogens with zero attached hydrogens (tertiary/aromatic N) is 3. The molecule has 1 rings (SSSR count). The lowest BCUT2D eigenvalue weighted by Gasteiger charge is -2.40. The Morgan fingerprint density at radius 2 is 1.60 bits per heavy atom. The molecule has 0 bridgehead atoms. The topological polar surface area (TPSA) is 104 Å². The number of aliphatic hydroxyl groups excluding tert-OH is 2. The highest BCUT2D eigenvalue weighted by molar-refractivity contribution is 7.53. The average Bonchev–Trinajstić information content (AvgIpc) is 2.63. The van der Waals surface area contributed by atoms with Gasteiger partial charge in [0.25, 0.3) is 0 Å². The minimum Gasteiger partial charge on any atom is -0.394 e. The van der Waals surface area contributed by atoms with Crippen molar-refractivity contribution >= 4 is 7.67 Å². The molecule has 2 unspecified atom stereocenters. The molecule has 25 heavy (non-hydrogen) atoms. The highest BCUT2D eigenvalue weighted by atomic mass is 31.2. The molecule has 1 aliphatic heterocycles. The molecule has 2 atom stereocenters. The van der Waals surface area contributed by atoms with E-state index in [1.54, 1.807) is 28.3 Å². The summed E-state index contributed by atoms with van der Waals surface area (Å²) < 4.78 is 37.0. The van der Waals surface area contributed by atoms with Crippen LogP contribution in [0.15, 0.2) is 0 Å². The van der Waals surface area contributed by atoms with Gasteiger partial charge in [0.05, 0.1) is 39.6 Å². The fourth-order valence-corrected chi connectivity index (χ4v) is 4.17. The molecule has 0 aromatic carbocycles. The zero-order valence-electron chi connectivity index (χ0n) is 15.4. The van der Waals surface area contributed by atoms with E-state index in [1.165, 1.54) is 7.11 Å². The van der Waals surface area contributed by atoms with Crippen molar-refractivity contribution in [2.45, 2.75) is 6.41 Å². The molecule has 1 fully saturated rings. The number of aliphatic hydroxyl groups is 2. The van der Waals surface area contributed by atoms with E-state index >= 15 is 0 Å². The van der Waals surface area contributed by atoms with Gasteiger partial charge in [-0.15, -0.1) is 0 Å². The van der Waals surface area contributed by atoms with Crippen LogP contribution in [0.25, 0.3) is 0 Å². The molecule has 10 nitrogen and oxygen atoms in total. The smallest absolute Gasteiger partial charge is 0.345 e. The third-order valence-corrected chi connectivity index (χ3v) is 6.41. The highest BCUT2D eigenvalue weighted by Crippen LogP contribution is 2.51. The van der Waals surface area contributed by atoms with Crippen LogP contribution >= 0.6 is 7.67 Å². The predicted molar refractivity (Wildman–Crippen MR) is 92.1 cm³/mol. The molecule has 0 radical (unpaired) electrons. The van der Waals surface area contributed by atoms with E-state index in [2.05, 4.69) is 0 Å². The molecule has 0 spiro atoms. The Labute approximate surface area is 149 Å². The molecular formula is C14H32N3O7P. The van der Waals surface area contributed by atoms with Crippen LogP contribution in [0.4, 0.5) is 0 Å². The fraction of sp³-hybridized carbons (Fsp3) is 1.00. The number of hydrogen-bond donors (Lipinski definition) is 2. The highest BCUT2D eigenvalue weighted by Gasteiger charge is 2.36. The zero-order valence-corrected chi connectivity index (χ0v) is 16.3. The van der Waals surface area contributed by atoms with Crippen molar-refractivity contribution < 1.29 is 33.5 Å². The maximum atomic E-state index is 12.7. The lowest BCUT2D eigenvalue weighted by Crippen LogP contribution is -2.51. The maximum Gasteiger partial charge on any atom is 0.345 e. The largest absolute Gasteiger partial charge is 0.394 e. The standard InChI is InChI=1S/C14H32N3O7P/c1-15(2)25(20,21-3)17-6-4-16(5-7-17)14(19)24-13-12-23-11-10-22-9-8-18/h14,18-19H,4-13H2,1-3H3. The molecule has 0 saturated carbocycles. The first-order chi connectivity index (χ1) is 12.0. The van der Waals surface area contributed by atoms with E-state index in [1.807, 2.05) is 0 Å². The van der Waals surface area contributed by atoms with Gasteiger partial charge in [-0.3, -0.25) is 9.46 Å². The van der Waals surface area contributed by atoms with Crippen molar-refractivity contribution in [3.8, 4) is 0 Å². The SMILES string of the molecule is COP(=O)(N(C)C)N1CCN(C(O)OCCOCCOCCO)CC1. The van der Waals surface area contributed by atoms with Crippen LogP contribution < -0.4 is 0 Å². The molecule has 1 saturated heterocycles. The van der Waals surface area contributed by atoms with Crippen LogP contribution in [0.2, 0.25) is 0 Å². The lowest BCUT2D eigenvalue weighted by molar-refractivity contribution is -0.204. The minimum absolute atomic E-state index is 0.00303.